The quantitative estimate of drug-likeness (QED) is 0.677. The number of nitrogens with zero attached hydrogens (tertiary/aromatic N) is 1. The van der Waals surface area contributed by atoms with Gasteiger partial charge in [-0.25, -0.2) is 0 Å². The van der Waals surface area contributed by atoms with Crippen molar-refractivity contribution in [2.45, 2.75) is 12.3 Å². The summed E-state index contributed by atoms with van der Waals surface area (Å²) in [6, 6.07) is 4.05. The van der Waals surface area contributed by atoms with Gasteiger partial charge in [0.25, 0.3) is 0 Å². The minimum Gasteiger partial charge on any atom is -0.464 e. The standard InChI is InChI=1S/C10H17N2OS/c1-12(2)7-9-3-4-10(13-9)8-14-6-5-11/h3-4,11H,5-8H2,1-2H3. The van der Waals surface area contributed by atoms with E-state index in [1.807, 2.05) is 26.2 Å². The van der Waals surface area contributed by atoms with Crippen molar-refractivity contribution in [1.82, 2.24) is 10.6 Å². The maximum absolute atomic E-state index is 7.01. The highest BCUT2D eigenvalue weighted by Gasteiger charge is 2.02. The van der Waals surface area contributed by atoms with Crippen molar-refractivity contribution in [3.05, 3.63) is 23.7 Å². The first-order valence-corrected chi connectivity index (χ1v) is 5.82. The summed E-state index contributed by atoms with van der Waals surface area (Å²) in [5, 5.41) is 0. The molecule has 1 N–H and O–H groups in total. The van der Waals surface area contributed by atoms with E-state index >= 15 is 0 Å². The second-order valence-corrected chi connectivity index (χ2v) is 4.51. The highest BCUT2D eigenvalue weighted by molar-refractivity contribution is 7.98. The summed E-state index contributed by atoms with van der Waals surface area (Å²) in [5.41, 5.74) is 7.01. The molecular formula is C10H17N2OS. The van der Waals surface area contributed by atoms with E-state index in [4.69, 9.17) is 10.2 Å². The zero-order valence-electron chi connectivity index (χ0n) is 8.75. The van der Waals surface area contributed by atoms with Gasteiger partial charge in [0.05, 0.1) is 12.3 Å². The Balaban J connectivity index is 2.35. The lowest BCUT2D eigenvalue weighted by Crippen LogP contribution is -2.09. The molecule has 0 atom stereocenters. The van der Waals surface area contributed by atoms with E-state index in [-0.39, 0.29) is 0 Å². The minimum absolute atomic E-state index is 0.482. The van der Waals surface area contributed by atoms with Gasteiger partial charge >= 0.3 is 0 Å². The second kappa shape index (κ2) is 6.11. The molecule has 1 radical (unpaired) electrons. The third-order valence-electron chi connectivity index (χ3n) is 1.68. The van der Waals surface area contributed by atoms with Crippen LogP contribution in [0.3, 0.4) is 0 Å². The maximum atomic E-state index is 7.01. The average Bonchev–Trinajstić information content (AvgIpc) is 2.52. The number of hydrogen-bond donors (Lipinski definition) is 0. The molecule has 4 heteroatoms. The van der Waals surface area contributed by atoms with Gasteiger partial charge in [-0.1, -0.05) is 0 Å². The van der Waals surface area contributed by atoms with Gasteiger partial charge in [0.1, 0.15) is 11.5 Å². The molecule has 0 aromatic carbocycles. The lowest BCUT2D eigenvalue weighted by molar-refractivity contribution is 0.344. The van der Waals surface area contributed by atoms with Gasteiger partial charge in [0, 0.05) is 12.3 Å². The summed E-state index contributed by atoms with van der Waals surface area (Å²) in [6.45, 7) is 1.33. The molecule has 0 unspecified atom stereocenters. The van der Waals surface area contributed by atoms with E-state index in [0.29, 0.717) is 6.54 Å². The number of hydrogen-bond acceptors (Lipinski definition) is 3. The molecule has 1 aromatic rings. The number of rotatable bonds is 6. The Morgan fingerprint density at radius 2 is 2.07 bits per heavy atom. The molecule has 0 fully saturated rings. The zero-order valence-corrected chi connectivity index (χ0v) is 9.56. The van der Waals surface area contributed by atoms with E-state index in [9.17, 15) is 0 Å². The third kappa shape index (κ3) is 4.17. The fraction of sp³-hybridized carbons (Fsp3) is 0.600. The van der Waals surface area contributed by atoms with Crippen molar-refractivity contribution >= 4 is 11.8 Å². The number of furan rings is 1. The summed E-state index contributed by atoms with van der Waals surface area (Å²) < 4.78 is 5.62. The monoisotopic (exact) mass is 213 g/mol. The topological polar surface area (TPSA) is 40.2 Å². The van der Waals surface area contributed by atoms with Crippen LogP contribution in [0.5, 0.6) is 0 Å². The summed E-state index contributed by atoms with van der Waals surface area (Å²) in [4.78, 5) is 2.08. The van der Waals surface area contributed by atoms with Gasteiger partial charge < -0.3 is 9.32 Å². The van der Waals surface area contributed by atoms with Gasteiger partial charge in [-0.2, -0.15) is 11.8 Å². The first-order chi connectivity index (χ1) is 6.72. The molecule has 3 nitrogen and oxygen atoms in total. The summed E-state index contributed by atoms with van der Waals surface area (Å²) >= 11 is 1.74. The van der Waals surface area contributed by atoms with E-state index in [1.165, 1.54) is 0 Å². The van der Waals surface area contributed by atoms with Crippen LogP contribution in [-0.4, -0.2) is 31.3 Å². The van der Waals surface area contributed by atoms with Crippen LogP contribution in [0.2, 0.25) is 0 Å². The Hall–Kier alpha value is -0.450. The Kier molecular flexibility index (Phi) is 5.07. The molecule has 0 aliphatic heterocycles. The van der Waals surface area contributed by atoms with Crippen LogP contribution in [0.1, 0.15) is 11.5 Å². The van der Waals surface area contributed by atoms with Crippen molar-refractivity contribution in [1.29, 1.82) is 0 Å². The Labute approximate surface area is 89.6 Å². The normalized spacial score (nSPS) is 11.1. The fourth-order valence-corrected chi connectivity index (χ4v) is 1.79. The van der Waals surface area contributed by atoms with Crippen LogP contribution in [0, 0.1) is 0 Å². The van der Waals surface area contributed by atoms with Gasteiger partial charge in [0.2, 0.25) is 0 Å². The molecule has 0 bridgehead atoms. The average molecular weight is 213 g/mol. The Bertz CT molecular complexity index is 260. The van der Waals surface area contributed by atoms with Crippen LogP contribution >= 0.6 is 11.8 Å². The lowest BCUT2D eigenvalue weighted by atomic mass is 10.4. The van der Waals surface area contributed by atoms with Gasteiger partial charge in [-0.15, -0.1) is 0 Å². The minimum atomic E-state index is 0.482. The molecular weight excluding hydrogens is 196 g/mol. The highest BCUT2D eigenvalue weighted by Crippen LogP contribution is 2.15. The predicted octanol–water partition coefficient (Wildman–Crippen LogP) is 1.86. The van der Waals surface area contributed by atoms with Crippen molar-refractivity contribution < 1.29 is 4.42 Å². The summed E-state index contributed by atoms with van der Waals surface area (Å²) in [6.07, 6.45) is 0. The van der Waals surface area contributed by atoms with E-state index < -0.39 is 0 Å². The molecule has 0 spiro atoms. The first kappa shape index (κ1) is 11.6. The molecule has 79 valence electrons. The highest BCUT2D eigenvalue weighted by atomic mass is 32.2. The lowest BCUT2D eigenvalue weighted by Gasteiger charge is -2.05. The van der Waals surface area contributed by atoms with E-state index in [2.05, 4.69) is 4.90 Å². The Morgan fingerprint density at radius 3 is 2.71 bits per heavy atom. The summed E-state index contributed by atoms with van der Waals surface area (Å²) in [7, 11) is 4.05. The number of thioether (sulfide) groups is 1. The van der Waals surface area contributed by atoms with Crippen LogP contribution in [0.4, 0.5) is 0 Å². The molecule has 1 aromatic heterocycles. The summed E-state index contributed by atoms with van der Waals surface area (Å²) in [5.74, 6) is 3.78. The van der Waals surface area contributed by atoms with Crippen LogP contribution in [0.15, 0.2) is 16.5 Å². The molecule has 14 heavy (non-hydrogen) atoms. The van der Waals surface area contributed by atoms with Gasteiger partial charge in [-0.05, 0) is 26.2 Å². The SMILES string of the molecule is CN(C)Cc1ccc(CSCC[NH])o1. The first-order valence-electron chi connectivity index (χ1n) is 4.67. The van der Waals surface area contributed by atoms with E-state index in [1.54, 1.807) is 11.8 Å². The Morgan fingerprint density at radius 1 is 1.36 bits per heavy atom. The predicted molar refractivity (Wildman–Crippen MR) is 60.2 cm³/mol. The molecule has 1 rings (SSSR count). The van der Waals surface area contributed by atoms with Crippen molar-refractivity contribution in [2.24, 2.45) is 0 Å². The maximum Gasteiger partial charge on any atom is 0.118 e. The molecule has 0 aliphatic rings. The smallest absolute Gasteiger partial charge is 0.118 e. The van der Waals surface area contributed by atoms with Gasteiger partial charge in [-0.3, -0.25) is 5.73 Å². The molecule has 0 saturated heterocycles. The zero-order chi connectivity index (χ0) is 10.4. The van der Waals surface area contributed by atoms with Gasteiger partial charge in [0.15, 0.2) is 0 Å². The second-order valence-electron chi connectivity index (χ2n) is 3.41. The molecule has 0 amide bonds. The fourth-order valence-electron chi connectivity index (χ4n) is 1.14. The molecule has 1 heterocycles. The largest absolute Gasteiger partial charge is 0.464 e. The van der Waals surface area contributed by atoms with Crippen molar-refractivity contribution in [3.63, 3.8) is 0 Å². The van der Waals surface area contributed by atoms with Crippen LogP contribution in [-0.2, 0) is 12.3 Å². The van der Waals surface area contributed by atoms with Crippen molar-refractivity contribution in [2.75, 3.05) is 26.4 Å². The van der Waals surface area contributed by atoms with Crippen LogP contribution in [0.25, 0.3) is 0 Å². The van der Waals surface area contributed by atoms with Crippen molar-refractivity contribution in [3.8, 4) is 0 Å². The van der Waals surface area contributed by atoms with E-state index in [0.717, 1.165) is 29.6 Å². The third-order valence-corrected chi connectivity index (χ3v) is 2.66. The molecule has 0 aliphatic carbocycles. The number of nitrogens with one attached hydrogen (secondary N) is 1. The van der Waals surface area contributed by atoms with Crippen LogP contribution < -0.4 is 5.73 Å². The molecule has 0 saturated carbocycles.